The van der Waals surface area contributed by atoms with Gasteiger partial charge in [0.1, 0.15) is 0 Å². The molecule has 0 heteroatoms. The van der Waals surface area contributed by atoms with Gasteiger partial charge in [0.25, 0.3) is 0 Å². The van der Waals surface area contributed by atoms with Crippen LogP contribution in [-0.4, -0.2) is 0 Å². The summed E-state index contributed by atoms with van der Waals surface area (Å²) >= 11 is 0. The third-order valence-corrected chi connectivity index (χ3v) is 0.936. The van der Waals surface area contributed by atoms with Gasteiger partial charge in [-0.3, -0.25) is 0 Å². The van der Waals surface area contributed by atoms with Gasteiger partial charge in [-0.15, -0.1) is 0 Å². The van der Waals surface area contributed by atoms with Gasteiger partial charge in [-0.25, -0.2) is 0 Å². The first-order valence-electron chi connectivity index (χ1n) is 3.27. The van der Waals surface area contributed by atoms with E-state index in [1.54, 1.807) is 6.08 Å². The summed E-state index contributed by atoms with van der Waals surface area (Å²) in [6.07, 6.45) is 3.65. The van der Waals surface area contributed by atoms with Crippen LogP contribution in [0.2, 0.25) is 0 Å². The van der Waals surface area contributed by atoms with E-state index >= 15 is 0 Å². The van der Waals surface area contributed by atoms with Crippen LogP contribution in [0.15, 0.2) is 23.3 Å². The van der Waals surface area contributed by atoms with Crippen LogP contribution in [0.5, 0.6) is 0 Å². The third-order valence-electron chi connectivity index (χ3n) is 0.936. The molecule has 0 aliphatic heterocycles. The minimum absolute atomic E-state index is 1.01. The van der Waals surface area contributed by atoms with Crippen molar-refractivity contribution in [3.05, 3.63) is 30.2 Å². The molecule has 0 spiro atoms. The van der Waals surface area contributed by atoms with Crippen molar-refractivity contribution in [3.63, 3.8) is 0 Å². The third kappa shape index (κ3) is 5.18. The lowest BCUT2D eigenvalue weighted by Gasteiger charge is -1.80. The Hall–Kier alpha value is -0.960. The van der Waals surface area contributed by atoms with Gasteiger partial charge in [0, 0.05) is 0 Å². The summed E-state index contributed by atoms with van der Waals surface area (Å²) in [6.45, 7) is 9.59. The first-order chi connectivity index (χ1) is 4.66. The molecular formula is C10H13. The Morgan fingerprint density at radius 1 is 1.30 bits per heavy atom. The van der Waals surface area contributed by atoms with Gasteiger partial charge in [-0.05, 0) is 39.3 Å². The van der Waals surface area contributed by atoms with E-state index in [0.717, 1.165) is 5.57 Å². The lowest BCUT2D eigenvalue weighted by Crippen LogP contribution is -1.65. The highest BCUT2D eigenvalue weighted by Crippen LogP contribution is 1.88. The molecule has 1 radical (unpaired) electrons. The van der Waals surface area contributed by atoms with Crippen LogP contribution < -0.4 is 0 Å². The molecule has 0 nitrogen and oxygen atoms in total. The molecule has 0 rings (SSSR count). The van der Waals surface area contributed by atoms with Crippen LogP contribution >= 0.6 is 0 Å². The van der Waals surface area contributed by atoms with E-state index in [2.05, 4.69) is 18.8 Å². The van der Waals surface area contributed by atoms with E-state index in [0.29, 0.717) is 0 Å². The maximum Gasteiger partial charge on any atom is -0.00470 e. The van der Waals surface area contributed by atoms with Crippen LogP contribution in [0, 0.1) is 18.8 Å². The van der Waals surface area contributed by atoms with Crippen LogP contribution in [0.3, 0.4) is 0 Å². The van der Waals surface area contributed by atoms with E-state index in [1.165, 1.54) is 5.57 Å². The van der Waals surface area contributed by atoms with E-state index in [-0.39, 0.29) is 0 Å². The molecule has 0 amide bonds. The highest BCUT2D eigenvalue weighted by Gasteiger charge is 1.73. The van der Waals surface area contributed by atoms with Gasteiger partial charge >= 0.3 is 0 Å². The number of hydrogen-bond donors (Lipinski definition) is 0. The average Bonchev–Trinajstić information content (AvgIpc) is 1.87. The van der Waals surface area contributed by atoms with Crippen molar-refractivity contribution in [2.24, 2.45) is 0 Å². The SMILES string of the molecule is [CH2]/C=C(\C)C#CC=C(C)C. The Bertz CT molecular complexity index is 202. The van der Waals surface area contributed by atoms with Gasteiger partial charge < -0.3 is 0 Å². The Morgan fingerprint density at radius 2 is 1.90 bits per heavy atom. The van der Waals surface area contributed by atoms with Crippen molar-refractivity contribution in [3.8, 4) is 11.8 Å². The van der Waals surface area contributed by atoms with E-state index < -0.39 is 0 Å². The van der Waals surface area contributed by atoms with Gasteiger partial charge in [-0.2, -0.15) is 0 Å². The smallest absolute Gasteiger partial charge is 0.00470 e. The molecular weight excluding hydrogens is 120 g/mol. The highest BCUT2D eigenvalue weighted by atomic mass is 13.8. The second-order valence-corrected chi connectivity index (χ2v) is 2.38. The van der Waals surface area contributed by atoms with Crippen LogP contribution in [0.4, 0.5) is 0 Å². The van der Waals surface area contributed by atoms with Gasteiger partial charge in [0.2, 0.25) is 0 Å². The van der Waals surface area contributed by atoms with Crippen molar-refractivity contribution in [1.82, 2.24) is 0 Å². The van der Waals surface area contributed by atoms with Crippen molar-refractivity contribution in [1.29, 1.82) is 0 Å². The van der Waals surface area contributed by atoms with Gasteiger partial charge in [0.05, 0.1) is 0 Å². The van der Waals surface area contributed by atoms with Crippen molar-refractivity contribution in [2.45, 2.75) is 20.8 Å². The Morgan fingerprint density at radius 3 is 2.30 bits per heavy atom. The molecule has 0 fully saturated rings. The molecule has 0 heterocycles. The molecule has 0 saturated carbocycles. The van der Waals surface area contributed by atoms with Crippen LogP contribution in [0.25, 0.3) is 0 Å². The maximum absolute atomic E-state index is 3.60. The van der Waals surface area contributed by atoms with E-state index in [1.807, 2.05) is 26.8 Å². The fourth-order valence-electron chi connectivity index (χ4n) is 0.345. The Kier molecular flexibility index (Phi) is 4.41. The summed E-state index contributed by atoms with van der Waals surface area (Å²) in [5, 5.41) is 0. The lowest BCUT2D eigenvalue weighted by atomic mass is 10.3. The van der Waals surface area contributed by atoms with Gasteiger partial charge in [0.15, 0.2) is 0 Å². The summed E-state index contributed by atoms with van der Waals surface area (Å²) < 4.78 is 0. The Balaban J connectivity index is 4.07. The summed E-state index contributed by atoms with van der Waals surface area (Å²) in [4.78, 5) is 0. The van der Waals surface area contributed by atoms with Crippen molar-refractivity contribution >= 4 is 0 Å². The summed E-state index contributed by atoms with van der Waals surface area (Å²) in [6, 6.07) is 0. The lowest BCUT2D eigenvalue weighted by molar-refractivity contribution is 1.40. The highest BCUT2D eigenvalue weighted by molar-refractivity contribution is 5.32. The molecule has 10 heavy (non-hydrogen) atoms. The summed E-state index contributed by atoms with van der Waals surface area (Å²) in [7, 11) is 0. The number of rotatable bonds is 0. The standard InChI is InChI=1S/C10H13/c1-5-10(4)8-6-7-9(2)3/h5,7H,1H2,2-4H3/b10-5+. The zero-order valence-electron chi connectivity index (χ0n) is 6.86. The van der Waals surface area contributed by atoms with E-state index in [4.69, 9.17) is 0 Å². The molecule has 53 valence electrons. The monoisotopic (exact) mass is 133 g/mol. The quantitative estimate of drug-likeness (QED) is 0.446. The molecule has 0 atom stereocenters. The summed E-state index contributed by atoms with van der Waals surface area (Å²) in [5.74, 6) is 5.85. The van der Waals surface area contributed by atoms with Crippen LogP contribution in [0.1, 0.15) is 20.8 Å². The van der Waals surface area contributed by atoms with Crippen LogP contribution in [-0.2, 0) is 0 Å². The number of allylic oxidation sites excluding steroid dienone is 4. The van der Waals surface area contributed by atoms with Crippen molar-refractivity contribution < 1.29 is 0 Å². The maximum atomic E-state index is 3.60. The zero-order chi connectivity index (χ0) is 7.98. The van der Waals surface area contributed by atoms with Crippen molar-refractivity contribution in [2.75, 3.05) is 0 Å². The first kappa shape index (κ1) is 9.04. The molecule has 0 N–H and O–H groups in total. The second-order valence-electron chi connectivity index (χ2n) is 2.38. The molecule has 0 aliphatic carbocycles. The molecule has 0 unspecified atom stereocenters. The Labute approximate surface area is 63.6 Å². The first-order valence-corrected chi connectivity index (χ1v) is 3.27. The largest absolute Gasteiger partial charge is 0.0729 e. The normalized spacial score (nSPS) is 9.80. The molecule has 0 aromatic rings. The topological polar surface area (TPSA) is 0 Å². The minimum atomic E-state index is 1.01. The van der Waals surface area contributed by atoms with E-state index in [9.17, 15) is 0 Å². The average molecular weight is 133 g/mol. The predicted molar refractivity (Wildman–Crippen MR) is 46.3 cm³/mol. The fraction of sp³-hybridized carbons (Fsp3) is 0.300. The number of hydrogen-bond acceptors (Lipinski definition) is 0. The van der Waals surface area contributed by atoms with Gasteiger partial charge in [-0.1, -0.05) is 23.5 Å². The predicted octanol–water partition coefficient (Wildman–Crippen LogP) is 2.74. The second kappa shape index (κ2) is 4.88. The fourth-order valence-corrected chi connectivity index (χ4v) is 0.345. The molecule has 0 bridgehead atoms. The minimum Gasteiger partial charge on any atom is -0.0729 e. The zero-order valence-corrected chi connectivity index (χ0v) is 6.86. The summed E-state index contributed by atoms with van der Waals surface area (Å²) in [5.41, 5.74) is 2.24. The molecule has 0 aromatic carbocycles. The molecule has 0 aromatic heterocycles. The molecule has 0 saturated heterocycles. The molecule has 0 aliphatic rings.